The van der Waals surface area contributed by atoms with Gasteiger partial charge in [0.1, 0.15) is 5.76 Å². The van der Waals surface area contributed by atoms with Crippen LogP contribution in [0.15, 0.2) is 61.2 Å². The molecule has 4 rings (SSSR count). The summed E-state index contributed by atoms with van der Waals surface area (Å²) in [5.74, 6) is -1.18. The molecule has 1 aliphatic rings. The van der Waals surface area contributed by atoms with Gasteiger partial charge in [0.25, 0.3) is 5.91 Å². The largest absolute Gasteiger partial charge is 0.506 e. The molecule has 0 radical (unpaired) electrons. The molecule has 1 N–H and O–H groups in total. The third-order valence-corrected chi connectivity index (χ3v) is 4.83. The van der Waals surface area contributed by atoms with Gasteiger partial charge < -0.3 is 9.67 Å². The van der Waals surface area contributed by atoms with Gasteiger partial charge in [0, 0.05) is 42.0 Å². The van der Waals surface area contributed by atoms with Gasteiger partial charge in [-0.3, -0.25) is 9.59 Å². The van der Waals surface area contributed by atoms with Crippen molar-refractivity contribution in [2.75, 3.05) is 4.90 Å². The van der Waals surface area contributed by atoms with Crippen LogP contribution in [0.3, 0.4) is 0 Å². The molecule has 140 valence electrons. The quantitative estimate of drug-likeness (QED) is 0.540. The molecular weight excluding hydrogens is 378 g/mol. The van der Waals surface area contributed by atoms with Crippen LogP contribution in [0.25, 0.3) is 11.3 Å². The Morgan fingerprint density at radius 1 is 1.18 bits per heavy atom. The number of hydrogen-bond donors (Lipinski definition) is 1. The topological polar surface area (TPSA) is 75.4 Å². The van der Waals surface area contributed by atoms with Gasteiger partial charge in [-0.05, 0) is 17.7 Å². The van der Waals surface area contributed by atoms with Crippen molar-refractivity contribution >= 4 is 40.4 Å². The molecule has 0 spiro atoms. The van der Waals surface area contributed by atoms with Crippen LogP contribution in [0, 0.1) is 0 Å². The number of fused-ring (bicyclic) bond motifs is 1. The molecule has 2 heterocycles. The first-order chi connectivity index (χ1) is 13.5. The van der Waals surface area contributed by atoms with E-state index < -0.39 is 11.8 Å². The number of carbonyl (C=O) groups excluding carboxylic acids is 2. The maximum absolute atomic E-state index is 12.8. The molecule has 0 saturated carbocycles. The van der Waals surface area contributed by atoms with Crippen LogP contribution in [0.5, 0.6) is 0 Å². The fraction of sp³-hybridized carbons (Fsp3) is 0.0952. The summed E-state index contributed by atoms with van der Waals surface area (Å²) in [5.41, 5.74) is 2.45. The van der Waals surface area contributed by atoms with E-state index >= 15 is 0 Å². The number of hydrogen-bond acceptors (Lipinski definition) is 4. The minimum absolute atomic E-state index is 0.0872. The average Bonchev–Trinajstić information content (AvgIpc) is 3.26. The van der Waals surface area contributed by atoms with E-state index in [0.717, 1.165) is 10.5 Å². The van der Waals surface area contributed by atoms with Crippen LogP contribution in [0.2, 0.25) is 5.02 Å². The van der Waals surface area contributed by atoms with Crippen LogP contribution >= 0.6 is 11.6 Å². The summed E-state index contributed by atoms with van der Waals surface area (Å²) in [4.78, 5) is 29.9. The Bertz CT molecular complexity index is 1100. The predicted octanol–water partition coefficient (Wildman–Crippen LogP) is 3.90. The monoisotopic (exact) mass is 393 g/mol. The van der Waals surface area contributed by atoms with Gasteiger partial charge in [-0.1, -0.05) is 41.9 Å². The molecule has 0 bridgehead atoms. The number of rotatable bonds is 3. The van der Waals surface area contributed by atoms with Gasteiger partial charge in [-0.25, -0.2) is 9.88 Å². The molecule has 0 atom stereocenters. The summed E-state index contributed by atoms with van der Waals surface area (Å²) in [6.07, 6.45) is 5.30. The second-order valence-electron chi connectivity index (χ2n) is 6.48. The van der Waals surface area contributed by atoms with Crippen molar-refractivity contribution in [1.82, 2.24) is 9.55 Å². The standard InChI is InChI=1S/C21H16ClN3O3/c1-13(26)25-18-10-16(22)6-7-17(18)19(21(25)28)20(27)15-4-2-14(3-5-15)11-24-9-8-23-12-24/h2-10,12,27H,11H2,1H3/b20-19+. The van der Waals surface area contributed by atoms with Crippen molar-refractivity contribution in [1.29, 1.82) is 0 Å². The van der Waals surface area contributed by atoms with Gasteiger partial charge in [0.2, 0.25) is 5.91 Å². The SMILES string of the molecule is CC(=O)N1C(=O)/C(=C(/O)c2ccc(Cn3ccnc3)cc2)c2ccc(Cl)cc21. The number of imide groups is 1. The second kappa shape index (κ2) is 6.98. The van der Waals surface area contributed by atoms with Gasteiger partial charge in [0.05, 0.1) is 17.6 Å². The number of amides is 2. The minimum Gasteiger partial charge on any atom is -0.506 e. The maximum Gasteiger partial charge on any atom is 0.269 e. The van der Waals surface area contributed by atoms with Gasteiger partial charge in [0.15, 0.2) is 0 Å². The molecule has 3 aromatic rings. The number of anilines is 1. The molecule has 7 heteroatoms. The van der Waals surface area contributed by atoms with Crippen molar-refractivity contribution in [3.63, 3.8) is 0 Å². The van der Waals surface area contributed by atoms with E-state index in [1.807, 2.05) is 22.9 Å². The zero-order valence-corrected chi connectivity index (χ0v) is 15.7. The van der Waals surface area contributed by atoms with Crippen LogP contribution in [-0.4, -0.2) is 26.5 Å². The molecule has 6 nitrogen and oxygen atoms in total. The molecule has 1 aliphatic heterocycles. The summed E-state index contributed by atoms with van der Waals surface area (Å²) in [6.45, 7) is 1.95. The highest BCUT2D eigenvalue weighted by Gasteiger charge is 2.37. The zero-order chi connectivity index (χ0) is 19.8. The third kappa shape index (κ3) is 3.08. The molecule has 0 unspecified atom stereocenters. The van der Waals surface area contributed by atoms with E-state index in [9.17, 15) is 14.7 Å². The van der Waals surface area contributed by atoms with E-state index in [1.54, 1.807) is 42.9 Å². The van der Waals surface area contributed by atoms with Crippen molar-refractivity contribution in [2.24, 2.45) is 0 Å². The number of aliphatic hydroxyl groups is 1. The Kier molecular flexibility index (Phi) is 4.49. The highest BCUT2D eigenvalue weighted by Crippen LogP contribution is 2.41. The van der Waals surface area contributed by atoms with E-state index in [0.29, 0.717) is 28.4 Å². The first kappa shape index (κ1) is 18.0. The first-order valence-electron chi connectivity index (χ1n) is 8.59. The summed E-state index contributed by atoms with van der Waals surface area (Å²) in [7, 11) is 0. The number of aliphatic hydroxyl groups excluding tert-OH is 1. The highest BCUT2D eigenvalue weighted by atomic mass is 35.5. The number of imidazole rings is 1. The molecular formula is C21H16ClN3O3. The highest BCUT2D eigenvalue weighted by molar-refractivity contribution is 6.43. The van der Waals surface area contributed by atoms with Crippen LogP contribution in [0.1, 0.15) is 23.6 Å². The Labute approximate surface area is 166 Å². The lowest BCUT2D eigenvalue weighted by Crippen LogP contribution is -2.31. The van der Waals surface area contributed by atoms with Crippen LogP contribution < -0.4 is 4.90 Å². The number of benzene rings is 2. The van der Waals surface area contributed by atoms with Crippen LogP contribution in [0.4, 0.5) is 5.69 Å². The van der Waals surface area contributed by atoms with Gasteiger partial charge in [-0.15, -0.1) is 0 Å². The molecule has 0 fully saturated rings. The third-order valence-electron chi connectivity index (χ3n) is 4.59. The Morgan fingerprint density at radius 3 is 2.57 bits per heavy atom. The van der Waals surface area contributed by atoms with Gasteiger partial charge in [-0.2, -0.15) is 0 Å². The molecule has 2 aromatic carbocycles. The van der Waals surface area contributed by atoms with Crippen LogP contribution in [-0.2, 0) is 16.1 Å². The van der Waals surface area contributed by atoms with Crippen molar-refractivity contribution < 1.29 is 14.7 Å². The normalized spacial score (nSPS) is 14.9. The van der Waals surface area contributed by atoms with E-state index in [-0.39, 0.29) is 11.3 Å². The molecule has 0 saturated heterocycles. The Morgan fingerprint density at radius 2 is 1.93 bits per heavy atom. The fourth-order valence-corrected chi connectivity index (χ4v) is 3.45. The molecule has 28 heavy (non-hydrogen) atoms. The number of halogens is 1. The lowest BCUT2D eigenvalue weighted by Gasteiger charge is -2.12. The lowest BCUT2D eigenvalue weighted by molar-refractivity contribution is -0.122. The summed E-state index contributed by atoms with van der Waals surface area (Å²) in [5, 5.41) is 11.2. The summed E-state index contributed by atoms with van der Waals surface area (Å²) < 4.78 is 1.93. The Balaban J connectivity index is 1.74. The Hall–Kier alpha value is -3.38. The number of aromatic nitrogens is 2. The summed E-state index contributed by atoms with van der Waals surface area (Å²) >= 11 is 6.03. The van der Waals surface area contributed by atoms with Crippen molar-refractivity contribution in [2.45, 2.75) is 13.5 Å². The maximum atomic E-state index is 12.8. The van der Waals surface area contributed by atoms with Crippen molar-refractivity contribution in [3.05, 3.63) is 82.9 Å². The fourth-order valence-electron chi connectivity index (χ4n) is 3.28. The minimum atomic E-state index is -0.565. The van der Waals surface area contributed by atoms with Gasteiger partial charge >= 0.3 is 0 Å². The van der Waals surface area contributed by atoms with E-state index in [4.69, 9.17) is 11.6 Å². The number of carbonyl (C=O) groups is 2. The predicted molar refractivity (Wildman–Crippen MR) is 107 cm³/mol. The van der Waals surface area contributed by atoms with Crippen molar-refractivity contribution in [3.8, 4) is 0 Å². The lowest BCUT2D eigenvalue weighted by atomic mass is 10.0. The molecule has 2 amide bonds. The summed E-state index contributed by atoms with van der Waals surface area (Å²) in [6, 6.07) is 12.0. The second-order valence-corrected chi connectivity index (χ2v) is 6.91. The number of nitrogens with zero attached hydrogens (tertiary/aromatic N) is 3. The molecule has 1 aromatic heterocycles. The first-order valence-corrected chi connectivity index (χ1v) is 8.96. The van der Waals surface area contributed by atoms with E-state index in [1.165, 1.54) is 6.92 Å². The smallest absolute Gasteiger partial charge is 0.269 e. The average molecular weight is 394 g/mol. The van der Waals surface area contributed by atoms with E-state index in [2.05, 4.69) is 4.98 Å². The zero-order valence-electron chi connectivity index (χ0n) is 15.0. The molecule has 0 aliphatic carbocycles.